The van der Waals surface area contributed by atoms with Crippen molar-refractivity contribution < 1.29 is 4.42 Å². The van der Waals surface area contributed by atoms with Crippen molar-refractivity contribution in [3.63, 3.8) is 0 Å². The minimum Gasteiger partial charge on any atom is -0.423 e. The average Bonchev–Trinajstić information content (AvgIpc) is 3.44. The second-order valence-corrected chi connectivity index (χ2v) is 8.13. The third-order valence-electron chi connectivity index (χ3n) is 6.39. The van der Waals surface area contributed by atoms with Crippen molar-refractivity contribution in [1.82, 2.24) is 14.5 Å². The van der Waals surface area contributed by atoms with Crippen molar-refractivity contribution in [3.05, 3.63) is 82.9 Å². The number of hydrogen-bond acceptors (Lipinski definition) is 4. The lowest BCUT2D eigenvalue weighted by Gasteiger charge is -2.25. The van der Waals surface area contributed by atoms with Crippen LogP contribution in [-0.4, -0.2) is 14.5 Å². The molecule has 0 spiro atoms. The summed E-state index contributed by atoms with van der Waals surface area (Å²) in [6.45, 7) is 3.84. The van der Waals surface area contributed by atoms with Gasteiger partial charge in [0.15, 0.2) is 5.58 Å². The van der Waals surface area contributed by atoms with Crippen LogP contribution in [0.25, 0.3) is 17.2 Å². The van der Waals surface area contributed by atoms with Crippen molar-refractivity contribution in [2.45, 2.75) is 31.8 Å². The second kappa shape index (κ2) is 6.08. The van der Waals surface area contributed by atoms with E-state index in [1.807, 2.05) is 12.3 Å². The Morgan fingerprint density at radius 1 is 1.14 bits per heavy atom. The Morgan fingerprint density at radius 2 is 2.07 bits per heavy atom. The van der Waals surface area contributed by atoms with Gasteiger partial charge in [-0.15, -0.1) is 0 Å². The molecule has 1 aliphatic heterocycles. The van der Waals surface area contributed by atoms with E-state index in [-0.39, 0.29) is 0 Å². The van der Waals surface area contributed by atoms with E-state index in [4.69, 9.17) is 9.40 Å². The first kappa shape index (κ1) is 16.6. The molecule has 0 amide bonds. The Balaban J connectivity index is 1.32. The van der Waals surface area contributed by atoms with E-state index in [0.717, 1.165) is 29.9 Å². The van der Waals surface area contributed by atoms with Crippen molar-refractivity contribution in [2.75, 3.05) is 4.90 Å². The van der Waals surface area contributed by atoms with Gasteiger partial charge in [-0.3, -0.25) is 4.98 Å². The third-order valence-corrected chi connectivity index (χ3v) is 6.39. The first-order valence-corrected chi connectivity index (χ1v) is 10.1. The van der Waals surface area contributed by atoms with Crippen LogP contribution in [0, 0.1) is 0 Å². The highest BCUT2D eigenvalue weighted by Gasteiger charge is 2.27. The number of aryl methyl sites for hydroxylation is 1. The Labute approximate surface area is 169 Å². The highest BCUT2D eigenvalue weighted by atomic mass is 16.4. The molecule has 0 fully saturated rings. The van der Waals surface area contributed by atoms with Gasteiger partial charge in [0, 0.05) is 37.6 Å². The van der Waals surface area contributed by atoms with Gasteiger partial charge in [0.05, 0.1) is 12.2 Å². The summed E-state index contributed by atoms with van der Waals surface area (Å²) >= 11 is 0. The topological polar surface area (TPSA) is 47.1 Å². The highest BCUT2D eigenvalue weighted by molar-refractivity contribution is 5.76. The Bertz CT molecular complexity index is 1240. The van der Waals surface area contributed by atoms with Crippen LogP contribution in [0.1, 0.15) is 46.8 Å². The molecule has 3 aromatic heterocycles. The molecule has 0 bridgehead atoms. The lowest BCUT2D eigenvalue weighted by atomic mass is 9.79. The lowest BCUT2D eigenvalue weighted by molar-refractivity contribution is 0.572. The zero-order valence-electron chi connectivity index (χ0n) is 16.5. The van der Waals surface area contributed by atoms with Gasteiger partial charge in [0.2, 0.25) is 0 Å². The van der Waals surface area contributed by atoms with E-state index in [0.29, 0.717) is 17.9 Å². The van der Waals surface area contributed by atoms with Gasteiger partial charge in [-0.1, -0.05) is 25.1 Å². The molecule has 6 rings (SSSR count). The molecule has 29 heavy (non-hydrogen) atoms. The van der Waals surface area contributed by atoms with Crippen LogP contribution in [0.2, 0.25) is 0 Å². The van der Waals surface area contributed by atoms with Crippen molar-refractivity contribution in [1.29, 1.82) is 0 Å². The number of pyridine rings is 1. The van der Waals surface area contributed by atoms with Crippen LogP contribution in [-0.2, 0) is 20.1 Å². The fourth-order valence-corrected chi connectivity index (χ4v) is 4.73. The molecule has 144 valence electrons. The van der Waals surface area contributed by atoms with E-state index in [1.54, 1.807) is 0 Å². The van der Waals surface area contributed by atoms with Crippen molar-refractivity contribution >= 4 is 23.2 Å². The number of aromatic nitrogens is 3. The number of allylic oxidation sites excluding steroid dienone is 1. The smallest absolute Gasteiger partial charge is 0.299 e. The fourth-order valence-electron chi connectivity index (χ4n) is 4.73. The summed E-state index contributed by atoms with van der Waals surface area (Å²) in [5.74, 6) is 0.772. The molecule has 0 saturated heterocycles. The molecule has 2 atom stereocenters. The Kier molecular flexibility index (Phi) is 3.48. The number of oxazole rings is 1. The van der Waals surface area contributed by atoms with E-state index in [9.17, 15) is 0 Å². The van der Waals surface area contributed by atoms with Crippen LogP contribution < -0.4 is 4.90 Å². The zero-order valence-corrected chi connectivity index (χ0v) is 16.5. The van der Waals surface area contributed by atoms with Gasteiger partial charge >= 0.3 is 0 Å². The van der Waals surface area contributed by atoms with Gasteiger partial charge in [0.25, 0.3) is 6.01 Å². The summed E-state index contributed by atoms with van der Waals surface area (Å²) in [5.41, 5.74) is 8.10. The van der Waals surface area contributed by atoms with E-state index < -0.39 is 0 Å². The minimum absolute atomic E-state index is 0.342. The molecule has 5 nitrogen and oxygen atoms in total. The summed E-state index contributed by atoms with van der Waals surface area (Å²) in [7, 11) is 2.10. The molecule has 1 aromatic carbocycles. The third kappa shape index (κ3) is 2.54. The highest BCUT2D eigenvalue weighted by Crippen LogP contribution is 2.41. The van der Waals surface area contributed by atoms with Crippen LogP contribution in [0.15, 0.2) is 59.3 Å². The monoisotopic (exact) mass is 382 g/mol. The molecular formula is C24H22N4O. The van der Waals surface area contributed by atoms with Gasteiger partial charge < -0.3 is 13.9 Å². The summed E-state index contributed by atoms with van der Waals surface area (Å²) < 4.78 is 8.27. The van der Waals surface area contributed by atoms with Crippen LogP contribution >= 0.6 is 0 Å². The standard InChI is InChI=1S/C24H22N4O/c1-15-18(6-7-22-19(15)9-11-27(22)2)16-5-8-23-20(12-16)26-24(29-23)28-13-17-4-3-10-25-21(17)14-28/h3-12,15,18H,13-14H2,1-2H3. The summed E-state index contributed by atoms with van der Waals surface area (Å²) in [5, 5.41) is 0. The first-order valence-electron chi connectivity index (χ1n) is 10.1. The quantitative estimate of drug-likeness (QED) is 0.490. The first-order chi connectivity index (χ1) is 14.2. The molecule has 2 unspecified atom stereocenters. The zero-order chi connectivity index (χ0) is 19.5. The molecule has 5 heteroatoms. The number of rotatable bonds is 2. The lowest BCUT2D eigenvalue weighted by Crippen LogP contribution is -2.14. The number of anilines is 1. The molecular weight excluding hydrogens is 360 g/mol. The van der Waals surface area contributed by atoms with Crippen molar-refractivity contribution in [3.8, 4) is 0 Å². The van der Waals surface area contributed by atoms with E-state index >= 15 is 0 Å². The average molecular weight is 382 g/mol. The molecule has 4 heterocycles. The largest absolute Gasteiger partial charge is 0.423 e. The van der Waals surface area contributed by atoms with Gasteiger partial charge in [-0.25, -0.2) is 0 Å². The molecule has 4 aromatic rings. The maximum atomic E-state index is 6.08. The van der Waals surface area contributed by atoms with Crippen molar-refractivity contribution in [2.24, 2.45) is 7.05 Å². The fraction of sp³-hybridized carbons (Fsp3) is 0.250. The van der Waals surface area contributed by atoms with Crippen LogP contribution in [0.4, 0.5) is 6.01 Å². The van der Waals surface area contributed by atoms with Gasteiger partial charge in [0.1, 0.15) is 5.52 Å². The molecule has 2 aliphatic rings. The maximum Gasteiger partial charge on any atom is 0.299 e. The molecule has 0 saturated carbocycles. The predicted octanol–water partition coefficient (Wildman–Crippen LogP) is 5.00. The van der Waals surface area contributed by atoms with Crippen LogP contribution in [0.3, 0.4) is 0 Å². The Morgan fingerprint density at radius 3 is 2.97 bits per heavy atom. The summed E-state index contributed by atoms with van der Waals surface area (Å²) in [6.07, 6.45) is 8.55. The van der Waals surface area contributed by atoms with Crippen LogP contribution in [0.5, 0.6) is 0 Å². The van der Waals surface area contributed by atoms with Gasteiger partial charge in [-0.2, -0.15) is 4.98 Å². The number of benzene rings is 1. The number of nitrogens with zero attached hydrogens (tertiary/aromatic N) is 4. The second-order valence-electron chi connectivity index (χ2n) is 8.13. The molecule has 0 N–H and O–H groups in total. The van der Waals surface area contributed by atoms with E-state index in [2.05, 4.69) is 77.1 Å². The van der Waals surface area contributed by atoms with Gasteiger partial charge in [-0.05, 0) is 52.9 Å². The Hall–Kier alpha value is -3.34. The summed E-state index contributed by atoms with van der Waals surface area (Å²) in [4.78, 5) is 11.4. The maximum absolute atomic E-state index is 6.08. The normalized spacial score (nSPS) is 20.3. The number of hydrogen-bond donors (Lipinski definition) is 0. The predicted molar refractivity (Wildman–Crippen MR) is 114 cm³/mol. The number of fused-ring (bicyclic) bond motifs is 3. The molecule has 1 aliphatic carbocycles. The SMILES string of the molecule is CC1c2ccn(C)c2C=CC1c1ccc2oc(N3Cc4cccnc4C3)nc2c1. The minimum atomic E-state index is 0.342. The molecule has 0 radical (unpaired) electrons. The summed E-state index contributed by atoms with van der Waals surface area (Å²) in [6, 6.07) is 13.4. The van der Waals surface area contributed by atoms with E-state index in [1.165, 1.54) is 22.4 Å².